The van der Waals surface area contributed by atoms with Crippen LogP contribution in [0.3, 0.4) is 0 Å². The summed E-state index contributed by atoms with van der Waals surface area (Å²) < 4.78 is 0. The SMILES string of the molecule is C.Clc1nccc2cc[nH]c12.O=[N+]([O-])c1cccnc1Cl.[Br-].[CH-]=C.[Mg+2]. The number of aromatic amines is 1. The number of hydrogen-bond acceptors (Lipinski definition) is 4. The van der Waals surface area contributed by atoms with E-state index >= 15 is 0 Å². The predicted octanol–water partition coefficient (Wildman–Crippen LogP) is 1.72. The van der Waals surface area contributed by atoms with Crippen molar-refractivity contribution in [1.29, 1.82) is 0 Å². The van der Waals surface area contributed by atoms with Crippen molar-refractivity contribution in [1.82, 2.24) is 15.0 Å². The maximum Gasteiger partial charge on any atom is 2.00 e. The molecule has 0 aromatic carbocycles. The van der Waals surface area contributed by atoms with Gasteiger partial charge in [0.25, 0.3) is 0 Å². The van der Waals surface area contributed by atoms with Crippen LogP contribution in [-0.4, -0.2) is 42.9 Å². The van der Waals surface area contributed by atoms with Gasteiger partial charge in [0.1, 0.15) is 0 Å². The number of H-pyrrole nitrogens is 1. The number of hydrogen-bond donors (Lipinski definition) is 1. The molecule has 0 amide bonds. The summed E-state index contributed by atoms with van der Waals surface area (Å²) in [6.45, 7) is 7.00. The average molecular weight is 458 g/mol. The Hall–Kier alpha value is -1.19. The molecule has 25 heavy (non-hydrogen) atoms. The molecule has 0 spiro atoms. The average Bonchev–Trinajstić information content (AvgIpc) is 3.00. The molecule has 0 saturated carbocycles. The van der Waals surface area contributed by atoms with Crippen LogP contribution in [0.25, 0.3) is 10.9 Å². The Morgan fingerprint density at radius 1 is 1.12 bits per heavy atom. The van der Waals surface area contributed by atoms with Gasteiger partial charge in [-0.05, 0) is 18.2 Å². The summed E-state index contributed by atoms with van der Waals surface area (Å²) in [6, 6.07) is 6.64. The van der Waals surface area contributed by atoms with Gasteiger partial charge in [0.2, 0.25) is 5.15 Å². The molecule has 0 atom stereocenters. The van der Waals surface area contributed by atoms with Crippen molar-refractivity contribution >= 4 is 62.8 Å². The van der Waals surface area contributed by atoms with E-state index in [9.17, 15) is 10.1 Å². The molecule has 0 radical (unpaired) electrons. The Bertz CT molecular complexity index is 774. The van der Waals surface area contributed by atoms with E-state index in [4.69, 9.17) is 23.2 Å². The zero-order valence-corrected chi connectivity index (χ0v) is 16.8. The monoisotopic (exact) mass is 456 g/mol. The fourth-order valence-electron chi connectivity index (χ4n) is 1.46. The second-order valence-electron chi connectivity index (χ2n) is 3.61. The van der Waals surface area contributed by atoms with E-state index in [1.807, 2.05) is 18.3 Å². The minimum absolute atomic E-state index is 0. The van der Waals surface area contributed by atoms with Gasteiger partial charge in [-0.25, -0.2) is 9.97 Å². The topological polar surface area (TPSA) is 84.7 Å². The number of nitrogens with one attached hydrogen (secondary N) is 1. The zero-order valence-electron chi connectivity index (χ0n) is 12.3. The maximum absolute atomic E-state index is 10.1. The smallest absolute Gasteiger partial charge is 1.00 e. The van der Waals surface area contributed by atoms with Crippen LogP contribution in [0, 0.1) is 16.7 Å². The first-order valence-electron chi connectivity index (χ1n) is 5.83. The third-order valence-corrected chi connectivity index (χ3v) is 2.94. The standard InChI is InChI=1S/C7H5ClN2.C5H3ClN2O2.C2H3.CH4.BrH.Mg/c8-7-6-5(1-3-9-6)2-4-10-7;6-5-4(8(9)10)2-1-3-7-5;1-2;;;/h1-4,9H;1-3H;1H,2H2;1H4;1H;/q;;-1;;;+2/p-1. The second-order valence-corrected chi connectivity index (χ2v) is 4.33. The van der Waals surface area contributed by atoms with Gasteiger partial charge in [-0.3, -0.25) is 16.7 Å². The quantitative estimate of drug-likeness (QED) is 0.198. The van der Waals surface area contributed by atoms with Crippen molar-refractivity contribution < 1.29 is 21.9 Å². The number of nitro groups is 1. The Morgan fingerprint density at radius 3 is 2.20 bits per heavy atom. The minimum atomic E-state index is -0.574. The Kier molecular flexibility index (Phi) is 17.3. The van der Waals surface area contributed by atoms with Crippen LogP contribution in [-0.2, 0) is 0 Å². The first-order valence-corrected chi connectivity index (χ1v) is 6.58. The number of rotatable bonds is 1. The molecule has 10 heteroatoms. The summed E-state index contributed by atoms with van der Waals surface area (Å²) in [4.78, 5) is 20.0. The summed E-state index contributed by atoms with van der Waals surface area (Å²) >= 11 is 11.1. The second kappa shape index (κ2) is 15.1. The van der Waals surface area contributed by atoms with Crippen LogP contribution in [0.15, 0.2) is 49.4 Å². The molecular weight excluding hydrogens is 443 g/mol. The largest absolute Gasteiger partial charge is 2.00 e. The van der Waals surface area contributed by atoms with Crippen LogP contribution in [0.2, 0.25) is 10.3 Å². The molecule has 0 aliphatic carbocycles. The number of halogens is 3. The van der Waals surface area contributed by atoms with E-state index < -0.39 is 4.92 Å². The van der Waals surface area contributed by atoms with Crippen LogP contribution in [0.4, 0.5) is 5.69 Å². The van der Waals surface area contributed by atoms with E-state index in [1.54, 1.807) is 6.20 Å². The van der Waals surface area contributed by atoms with E-state index in [0.29, 0.717) is 5.15 Å². The van der Waals surface area contributed by atoms with E-state index in [0.717, 1.165) is 10.9 Å². The molecule has 3 heterocycles. The molecule has 0 fully saturated rings. The molecule has 3 rings (SSSR count). The number of pyridine rings is 2. The molecule has 0 aliphatic rings. The molecule has 3 aromatic rings. The molecule has 3 aromatic heterocycles. The van der Waals surface area contributed by atoms with Gasteiger partial charge < -0.3 is 28.5 Å². The van der Waals surface area contributed by atoms with E-state index in [2.05, 4.69) is 28.1 Å². The van der Waals surface area contributed by atoms with Gasteiger partial charge in [0, 0.05) is 30.0 Å². The summed E-state index contributed by atoms with van der Waals surface area (Å²) in [5, 5.41) is 11.7. The molecule has 0 aliphatic heterocycles. The van der Waals surface area contributed by atoms with Crippen molar-refractivity contribution in [3.63, 3.8) is 0 Å². The molecule has 1 N–H and O–H groups in total. The van der Waals surface area contributed by atoms with Gasteiger partial charge in [-0.1, -0.05) is 30.6 Å². The summed E-state index contributed by atoms with van der Waals surface area (Å²) in [7, 11) is 0. The minimum Gasteiger partial charge on any atom is -1.00 e. The third-order valence-electron chi connectivity index (χ3n) is 2.36. The Morgan fingerprint density at radius 2 is 1.72 bits per heavy atom. The molecule has 130 valence electrons. The van der Waals surface area contributed by atoms with Crippen LogP contribution < -0.4 is 17.0 Å². The fraction of sp³-hybridized carbons (Fsp3) is 0.0667. The van der Waals surface area contributed by atoms with Crippen molar-refractivity contribution in [3.8, 4) is 0 Å². The molecule has 0 unspecified atom stereocenters. The molecular formula is C15H15BrCl2MgN4O2. The molecule has 0 bridgehead atoms. The number of aromatic nitrogens is 3. The summed E-state index contributed by atoms with van der Waals surface area (Å²) in [5.74, 6) is 0. The van der Waals surface area contributed by atoms with Gasteiger partial charge in [-0.2, -0.15) is 0 Å². The van der Waals surface area contributed by atoms with Gasteiger partial charge in [0.15, 0.2) is 5.15 Å². The van der Waals surface area contributed by atoms with E-state index in [-0.39, 0.29) is 58.3 Å². The number of fused-ring (bicyclic) bond motifs is 1. The van der Waals surface area contributed by atoms with Gasteiger partial charge in [0.05, 0.1) is 10.4 Å². The molecule has 6 nitrogen and oxygen atoms in total. The first kappa shape index (κ1) is 28.6. The zero-order chi connectivity index (χ0) is 16.5. The molecule has 0 saturated heterocycles. The van der Waals surface area contributed by atoms with Gasteiger partial charge >= 0.3 is 28.7 Å². The van der Waals surface area contributed by atoms with Crippen LogP contribution in [0.1, 0.15) is 7.43 Å². The van der Waals surface area contributed by atoms with Crippen LogP contribution in [0.5, 0.6) is 0 Å². The van der Waals surface area contributed by atoms with Crippen molar-refractivity contribution in [2.45, 2.75) is 7.43 Å². The fourth-order valence-corrected chi connectivity index (χ4v) is 1.87. The normalized spacial score (nSPS) is 8.08. The summed E-state index contributed by atoms with van der Waals surface area (Å²) in [6.07, 6.45) is 4.94. The van der Waals surface area contributed by atoms with Gasteiger partial charge in [-0.15, -0.1) is 0 Å². The third kappa shape index (κ3) is 8.64. The first-order chi connectivity index (χ1) is 10.6. The van der Waals surface area contributed by atoms with Crippen molar-refractivity contribution in [3.05, 3.63) is 76.4 Å². The van der Waals surface area contributed by atoms with Crippen molar-refractivity contribution in [2.75, 3.05) is 0 Å². The van der Waals surface area contributed by atoms with E-state index in [1.165, 1.54) is 18.3 Å². The number of nitrogens with zero attached hydrogens (tertiary/aromatic N) is 3. The summed E-state index contributed by atoms with van der Waals surface area (Å²) in [5.41, 5.74) is 0.744. The maximum atomic E-state index is 10.1. The Balaban J connectivity index is -0.000000318. The van der Waals surface area contributed by atoms with Crippen molar-refractivity contribution in [2.24, 2.45) is 0 Å². The Labute approximate surface area is 182 Å². The predicted molar refractivity (Wildman–Crippen MR) is 99.4 cm³/mol. The van der Waals surface area contributed by atoms with Crippen LogP contribution >= 0.6 is 23.2 Å².